The Kier molecular flexibility index (Phi) is 2.06. The van der Waals surface area contributed by atoms with Gasteiger partial charge in [0.1, 0.15) is 5.69 Å². The molecule has 1 aliphatic rings. The van der Waals surface area contributed by atoms with E-state index in [1.54, 1.807) is 0 Å². The lowest BCUT2D eigenvalue weighted by molar-refractivity contribution is 0.879. The zero-order valence-corrected chi connectivity index (χ0v) is 11.8. The van der Waals surface area contributed by atoms with E-state index in [0.717, 1.165) is 40.0 Å². The number of fused-ring (bicyclic) bond motifs is 6. The Labute approximate surface area is 125 Å². The fourth-order valence-electron chi connectivity index (χ4n) is 3.11. The van der Waals surface area contributed by atoms with Gasteiger partial charge in [-0.2, -0.15) is 0 Å². The van der Waals surface area contributed by atoms with Crippen LogP contribution in [0.3, 0.4) is 0 Å². The summed E-state index contributed by atoms with van der Waals surface area (Å²) >= 11 is 6.27. The normalized spacial score (nSPS) is 12.8. The maximum Gasteiger partial charge on any atom is 0.160 e. The molecular weight excluding hydrogens is 282 g/mol. The molecule has 0 spiro atoms. The number of imidazole rings is 1. The Hall–Kier alpha value is -2.39. The third-order valence-electron chi connectivity index (χ3n) is 4.07. The van der Waals surface area contributed by atoms with Crippen molar-refractivity contribution in [2.75, 3.05) is 0 Å². The quantitative estimate of drug-likeness (QED) is 0.427. The van der Waals surface area contributed by atoms with E-state index in [4.69, 9.17) is 21.6 Å². The Morgan fingerprint density at radius 2 is 1.90 bits per heavy atom. The highest BCUT2D eigenvalue weighted by Crippen LogP contribution is 2.36. The molecular formula is C17H10ClN3. The van der Waals surface area contributed by atoms with Crippen molar-refractivity contribution in [1.82, 2.24) is 14.5 Å². The minimum Gasteiger partial charge on any atom is -0.318 e. The van der Waals surface area contributed by atoms with Crippen molar-refractivity contribution < 1.29 is 0 Å². The van der Waals surface area contributed by atoms with E-state index >= 15 is 0 Å². The second kappa shape index (κ2) is 3.83. The van der Waals surface area contributed by atoms with Gasteiger partial charge >= 0.3 is 0 Å². The molecule has 5 rings (SSSR count). The van der Waals surface area contributed by atoms with Crippen LogP contribution in [0.4, 0.5) is 0 Å². The molecule has 2 aromatic carbocycles. The first-order chi connectivity index (χ1) is 10.3. The van der Waals surface area contributed by atoms with Gasteiger partial charge in [0.2, 0.25) is 0 Å². The van der Waals surface area contributed by atoms with E-state index < -0.39 is 0 Å². The zero-order chi connectivity index (χ0) is 14.0. The third kappa shape index (κ3) is 1.44. The number of rotatable bonds is 0. The summed E-state index contributed by atoms with van der Waals surface area (Å²) in [5.74, 6) is 0.938. The van der Waals surface area contributed by atoms with Gasteiger partial charge in [-0.15, -0.1) is 0 Å². The summed E-state index contributed by atoms with van der Waals surface area (Å²) in [6, 6.07) is 16.3. The maximum atomic E-state index is 6.27. The van der Waals surface area contributed by atoms with Crippen LogP contribution >= 0.6 is 11.6 Å². The van der Waals surface area contributed by atoms with Crippen molar-refractivity contribution in [1.29, 1.82) is 0 Å². The monoisotopic (exact) mass is 291 g/mol. The molecule has 21 heavy (non-hydrogen) atoms. The van der Waals surface area contributed by atoms with Gasteiger partial charge in [-0.3, -0.25) is 0 Å². The SMILES string of the molecule is Clc1cccc2cc3c(nc12)-c1nc2ccccc2n1C3. The molecule has 0 unspecified atom stereocenters. The number of pyridine rings is 1. The van der Waals surface area contributed by atoms with Gasteiger partial charge in [-0.1, -0.05) is 35.9 Å². The fraction of sp³-hybridized carbons (Fsp3) is 0.0588. The predicted molar refractivity (Wildman–Crippen MR) is 84.6 cm³/mol. The Morgan fingerprint density at radius 1 is 1.00 bits per heavy atom. The highest BCUT2D eigenvalue weighted by atomic mass is 35.5. The van der Waals surface area contributed by atoms with Gasteiger partial charge in [0.25, 0.3) is 0 Å². The zero-order valence-electron chi connectivity index (χ0n) is 11.0. The first-order valence-electron chi connectivity index (χ1n) is 6.85. The van der Waals surface area contributed by atoms with Crippen LogP contribution in [-0.4, -0.2) is 14.5 Å². The van der Waals surface area contributed by atoms with Gasteiger partial charge < -0.3 is 4.57 Å². The number of aromatic nitrogens is 3. The van der Waals surface area contributed by atoms with Crippen LogP contribution in [0.2, 0.25) is 5.02 Å². The van der Waals surface area contributed by atoms with Gasteiger partial charge in [0, 0.05) is 10.9 Å². The second-order valence-electron chi connectivity index (χ2n) is 5.32. The molecule has 0 N–H and O–H groups in total. The lowest BCUT2D eigenvalue weighted by atomic mass is 10.1. The number of halogens is 1. The average Bonchev–Trinajstić information content (AvgIpc) is 3.02. The van der Waals surface area contributed by atoms with Gasteiger partial charge in [-0.25, -0.2) is 9.97 Å². The predicted octanol–water partition coefficient (Wildman–Crippen LogP) is 4.27. The van der Waals surface area contributed by atoms with Crippen molar-refractivity contribution in [2.45, 2.75) is 6.54 Å². The molecule has 0 fully saturated rings. The number of benzene rings is 2. The van der Waals surface area contributed by atoms with Crippen molar-refractivity contribution in [3.05, 3.63) is 59.1 Å². The molecule has 1 aliphatic heterocycles. The van der Waals surface area contributed by atoms with Crippen LogP contribution < -0.4 is 0 Å². The summed E-state index contributed by atoms with van der Waals surface area (Å²) in [6.07, 6.45) is 0. The molecule has 0 bridgehead atoms. The standard InChI is InChI=1S/C17H10ClN3/c18-12-5-3-4-10-8-11-9-21-14-7-2-1-6-13(14)19-17(21)16(11)20-15(10)12/h1-8H,9H2. The van der Waals surface area contributed by atoms with Crippen LogP contribution in [0.15, 0.2) is 48.5 Å². The minimum atomic E-state index is 0.685. The Bertz CT molecular complexity index is 1030. The number of hydrogen-bond acceptors (Lipinski definition) is 2. The largest absolute Gasteiger partial charge is 0.318 e. The Morgan fingerprint density at radius 3 is 2.86 bits per heavy atom. The van der Waals surface area contributed by atoms with Gasteiger partial charge in [0.15, 0.2) is 5.82 Å². The highest BCUT2D eigenvalue weighted by Gasteiger charge is 2.24. The van der Waals surface area contributed by atoms with E-state index in [1.165, 1.54) is 5.56 Å². The second-order valence-corrected chi connectivity index (χ2v) is 5.73. The first kappa shape index (κ1) is 11.3. The molecule has 4 heteroatoms. The molecule has 0 atom stereocenters. The fourth-order valence-corrected chi connectivity index (χ4v) is 3.33. The smallest absolute Gasteiger partial charge is 0.160 e. The molecule has 0 aliphatic carbocycles. The van der Waals surface area contributed by atoms with Gasteiger partial charge in [-0.05, 0) is 24.3 Å². The molecule has 0 amide bonds. The highest BCUT2D eigenvalue weighted by molar-refractivity contribution is 6.35. The topological polar surface area (TPSA) is 30.7 Å². The summed E-state index contributed by atoms with van der Waals surface area (Å²) in [6.45, 7) is 0.820. The summed E-state index contributed by atoms with van der Waals surface area (Å²) in [5.41, 5.74) is 5.17. The molecule has 3 heterocycles. The van der Waals surface area contributed by atoms with Crippen molar-refractivity contribution in [2.24, 2.45) is 0 Å². The van der Waals surface area contributed by atoms with E-state index in [0.29, 0.717) is 5.02 Å². The van der Waals surface area contributed by atoms with Crippen molar-refractivity contribution >= 4 is 33.5 Å². The average molecular weight is 292 g/mol. The molecule has 0 saturated carbocycles. The van der Waals surface area contributed by atoms with Gasteiger partial charge in [0.05, 0.1) is 28.1 Å². The summed E-state index contributed by atoms with van der Waals surface area (Å²) in [4.78, 5) is 9.51. The van der Waals surface area contributed by atoms with Crippen molar-refractivity contribution in [3.63, 3.8) is 0 Å². The molecule has 2 aromatic heterocycles. The van der Waals surface area contributed by atoms with E-state index in [1.807, 2.05) is 36.4 Å². The molecule has 0 saturated heterocycles. The maximum absolute atomic E-state index is 6.27. The van der Waals surface area contributed by atoms with Crippen molar-refractivity contribution in [3.8, 4) is 11.5 Å². The molecule has 3 nitrogen and oxygen atoms in total. The lowest BCUT2D eigenvalue weighted by Gasteiger charge is -2.03. The summed E-state index contributed by atoms with van der Waals surface area (Å²) in [5, 5.41) is 1.76. The number of para-hydroxylation sites is 3. The Balaban J connectivity index is 1.87. The van der Waals surface area contributed by atoms with Crippen LogP contribution in [-0.2, 0) is 6.54 Å². The third-order valence-corrected chi connectivity index (χ3v) is 4.38. The first-order valence-corrected chi connectivity index (χ1v) is 7.23. The van der Waals surface area contributed by atoms with E-state index in [-0.39, 0.29) is 0 Å². The van der Waals surface area contributed by atoms with Crippen LogP contribution in [0.1, 0.15) is 5.56 Å². The summed E-state index contributed by atoms with van der Waals surface area (Å²) < 4.78 is 2.22. The molecule has 100 valence electrons. The van der Waals surface area contributed by atoms with E-state index in [9.17, 15) is 0 Å². The number of nitrogens with zero attached hydrogens (tertiary/aromatic N) is 3. The lowest BCUT2D eigenvalue weighted by Crippen LogP contribution is -1.92. The number of hydrogen-bond donors (Lipinski definition) is 0. The molecule has 0 radical (unpaired) electrons. The van der Waals surface area contributed by atoms with E-state index in [2.05, 4.69) is 16.7 Å². The van der Waals surface area contributed by atoms with Crippen LogP contribution in [0.5, 0.6) is 0 Å². The van der Waals surface area contributed by atoms with Crippen LogP contribution in [0.25, 0.3) is 33.5 Å². The molecule has 4 aromatic rings. The van der Waals surface area contributed by atoms with Crippen LogP contribution in [0, 0.1) is 0 Å². The minimum absolute atomic E-state index is 0.685. The summed E-state index contributed by atoms with van der Waals surface area (Å²) in [7, 11) is 0.